The van der Waals surface area contributed by atoms with Gasteiger partial charge in [-0.15, -0.1) is 0 Å². The molecule has 2 heterocycles. The van der Waals surface area contributed by atoms with Crippen LogP contribution in [-0.2, 0) is 9.59 Å². The Hall–Kier alpha value is -3.26. The molecule has 4 rings (SSSR count). The zero-order valence-corrected chi connectivity index (χ0v) is 15.9. The van der Waals surface area contributed by atoms with Gasteiger partial charge in [0.1, 0.15) is 6.04 Å². The van der Waals surface area contributed by atoms with Gasteiger partial charge < -0.3 is 16.0 Å². The molecule has 3 aromatic rings. The molecule has 0 saturated carbocycles. The standard InChI is InChI=1S/C20H18N4O3S/c1-11-5-4-8-15-17(11)24-20(28-15)23-16(25)10-9-14-19(27)21-13-7-3-2-6-12(13)18(26)22-14/h2-8,14H,9-10H2,1H3,(H,21,27)(H,22,26)(H,23,24,25). The van der Waals surface area contributed by atoms with Gasteiger partial charge in [-0.3, -0.25) is 14.4 Å². The van der Waals surface area contributed by atoms with Crippen molar-refractivity contribution < 1.29 is 14.4 Å². The van der Waals surface area contributed by atoms with Crippen molar-refractivity contribution in [2.75, 3.05) is 10.6 Å². The Morgan fingerprint density at radius 2 is 2.00 bits per heavy atom. The van der Waals surface area contributed by atoms with Gasteiger partial charge in [0.05, 0.1) is 21.5 Å². The van der Waals surface area contributed by atoms with Crippen LogP contribution in [0.25, 0.3) is 10.2 Å². The Bertz CT molecular complexity index is 1090. The number of benzene rings is 2. The molecule has 28 heavy (non-hydrogen) atoms. The number of anilines is 2. The lowest BCUT2D eigenvalue weighted by atomic mass is 10.1. The summed E-state index contributed by atoms with van der Waals surface area (Å²) in [5, 5.41) is 8.73. The largest absolute Gasteiger partial charge is 0.340 e. The van der Waals surface area contributed by atoms with E-state index in [1.54, 1.807) is 24.3 Å². The second-order valence-electron chi connectivity index (χ2n) is 6.59. The first kappa shape index (κ1) is 18.1. The highest BCUT2D eigenvalue weighted by molar-refractivity contribution is 7.22. The van der Waals surface area contributed by atoms with Crippen molar-refractivity contribution >= 4 is 50.1 Å². The minimum atomic E-state index is -0.775. The molecule has 8 heteroatoms. The van der Waals surface area contributed by atoms with Crippen LogP contribution in [0.15, 0.2) is 42.5 Å². The van der Waals surface area contributed by atoms with Crippen molar-refractivity contribution in [3.8, 4) is 0 Å². The Morgan fingerprint density at radius 1 is 1.18 bits per heavy atom. The van der Waals surface area contributed by atoms with Gasteiger partial charge in [-0.1, -0.05) is 35.6 Å². The van der Waals surface area contributed by atoms with Crippen molar-refractivity contribution in [2.45, 2.75) is 25.8 Å². The van der Waals surface area contributed by atoms with E-state index in [0.29, 0.717) is 16.4 Å². The highest BCUT2D eigenvalue weighted by Crippen LogP contribution is 2.28. The number of amides is 3. The second-order valence-corrected chi connectivity index (χ2v) is 7.62. The first-order valence-corrected chi connectivity index (χ1v) is 9.69. The van der Waals surface area contributed by atoms with Crippen LogP contribution in [0.5, 0.6) is 0 Å². The Labute approximate surface area is 165 Å². The van der Waals surface area contributed by atoms with Crippen molar-refractivity contribution in [2.24, 2.45) is 0 Å². The molecule has 1 atom stereocenters. The third kappa shape index (κ3) is 3.59. The normalized spacial score (nSPS) is 16.1. The molecule has 3 N–H and O–H groups in total. The summed E-state index contributed by atoms with van der Waals surface area (Å²) in [6, 6.07) is 11.9. The van der Waals surface area contributed by atoms with Crippen LogP contribution >= 0.6 is 11.3 Å². The number of fused-ring (bicyclic) bond motifs is 2. The number of para-hydroxylation sites is 2. The van der Waals surface area contributed by atoms with Gasteiger partial charge in [0.15, 0.2) is 5.13 Å². The molecule has 0 radical (unpaired) electrons. The maximum Gasteiger partial charge on any atom is 0.254 e. The SMILES string of the molecule is Cc1cccc2sc(NC(=O)CCC3NC(=O)c4ccccc4NC3=O)nc12. The summed E-state index contributed by atoms with van der Waals surface area (Å²) >= 11 is 1.41. The molecule has 142 valence electrons. The summed E-state index contributed by atoms with van der Waals surface area (Å²) in [5.41, 5.74) is 2.80. The van der Waals surface area contributed by atoms with Crippen LogP contribution in [0, 0.1) is 6.92 Å². The number of hydrogen-bond acceptors (Lipinski definition) is 5. The minimum Gasteiger partial charge on any atom is -0.340 e. The van der Waals surface area contributed by atoms with Crippen molar-refractivity contribution in [1.82, 2.24) is 10.3 Å². The molecule has 1 aromatic heterocycles. The van der Waals surface area contributed by atoms with Crippen molar-refractivity contribution in [3.63, 3.8) is 0 Å². The number of nitrogens with one attached hydrogen (secondary N) is 3. The maximum atomic E-state index is 12.4. The van der Waals surface area contributed by atoms with Crippen LogP contribution in [0.2, 0.25) is 0 Å². The first-order valence-electron chi connectivity index (χ1n) is 8.88. The predicted molar refractivity (Wildman–Crippen MR) is 109 cm³/mol. The molecule has 0 saturated heterocycles. The fourth-order valence-electron chi connectivity index (χ4n) is 3.11. The van der Waals surface area contributed by atoms with Crippen molar-refractivity contribution in [1.29, 1.82) is 0 Å². The lowest BCUT2D eigenvalue weighted by Gasteiger charge is -2.13. The average Bonchev–Trinajstić information content (AvgIpc) is 3.03. The molecule has 3 amide bonds. The van der Waals surface area contributed by atoms with Gasteiger partial charge in [0, 0.05) is 6.42 Å². The number of carbonyl (C=O) groups excluding carboxylic acids is 3. The van der Waals surface area contributed by atoms with E-state index in [4.69, 9.17) is 0 Å². The van der Waals surface area contributed by atoms with Crippen LogP contribution in [0.1, 0.15) is 28.8 Å². The molecule has 0 spiro atoms. The smallest absolute Gasteiger partial charge is 0.254 e. The highest BCUT2D eigenvalue weighted by Gasteiger charge is 2.27. The lowest BCUT2D eigenvalue weighted by molar-refractivity contribution is -0.118. The molecule has 0 bridgehead atoms. The molecule has 0 fully saturated rings. The van der Waals surface area contributed by atoms with E-state index in [9.17, 15) is 14.4 Å². The average molecular weight is 394 g/mol. The van der Waals surface area contributed by atoms with Gasteiger partial charge in [0.2, 0.25) is 11.8 Å². The van der Waals surface area contributed by atoms with E-state index in [0.717, 1.165) is 15.8 Å². The number of rotatable bonds is 4. The third-order valence-corrected chi connectivity index (χ3v) is 5.51. The topological polar surface area (TPSA) is 100 Å². The Morgan fingerprint density at radius 3 is 2.82 bits per heavy atom. The van der Waals surface area contributed by atoms with E-state index in [2.05, 4.69) is 20.9 Å². The molecule has 1 aliphatic rings. The van der Waals surface area contributed by atoms with E-state index < -0.39 is 6.04 Å². The van der Waals surface area contributed by atoms with Crippen LogP contribution in [-0.4, -0.2) is 28.7 Å². The van der Waals surface area contributed by atoms with E-state index in [1.165, 1.54) is 11.3 Å². The van der Waals surface area contributed by atoms with Gasteiger partial charge in [0.25, 0.3) is 5.91 Å². The molecule has 1 aliphatic heterocycles. The zero-order valence-electron chi connectivity index (χ0n) is 15.1. The summed E-state index contributed by atoms with van der Waals surface area (Å²) in [4.78, 5) is 41.5. The van der Waals surface area contributed by atoms with E-state index >= 15 is 0 Å². The fraction of sp³-hybridized carbons (Fsp3) is 0.200. The monoisotopic (exact) mass is 394 g/mol. The quantitative estimate of drug-likeness (QED) is 0.633. The minimum absolute atomic E-state index is 0.0869. The summed E-state index contributed by atoms with van der Waals surface area (Å²) in [7, 11) is 0. The highest BCUT2D eigenvalue weighted by atomic mass is 32.1. The van der Waals surface area contributed by atoms with Crippen LogP contribution in [0.4, 0.5) is 10.8 Å². The lowest BCUT2D eigenvalue weighted by Crippen LogP contribution is -2.41. The molecular formula is C20H18N4O3S. The number of nitrogens with zero attached hydrogens (tertiary/aromatic N) is 1. The molecule has 7 nitrogen and oxygen atoms in total. The van der Waals surface area contributed by atoms with Gasteiger partial charge in [-0.05, 0) is 37.1 Å². The number of hydrogen-bond donors (Lipinski definition) is 3. The van der Waals surface area contributed by atoms with Gasteiger partial charge >= 0.3 is 0 Å². The van der Waals surface area contributed by atoms with Crippen LogP contribution < -0.4 is 16.0 Å². The molecule has 1 unspecified atom stereocenters. The number of carbonyl (C=O) groups is 3. The summed E-state index contributed by atoms with van der Waals surface area (Å²) in [6.45, 7) is 1.97. The van der Waals surface area contributed by atoms with Crippen molar-refractivity contribution in [3.05, 3.63) is 53.6 Å². The zero-order chi connectivity index (χ0) is 19.7. The van der Waals surface area contributed by atoms with Crippen LogP contribution in [0.3, 0.4) is 0 Å². The maximum absolute atomic E-state index is 12.4. The summed E-state index contributed by atoms with van der Waals surface area (Å²) in [6.07, 6.45) is 0.283. The first-order chi connectivity index (χ1) is 13.5. The van der Waals surface area contributed by atoms with E-state index in [-0.39, 0.29) is 30.6 Å². The number of aromatic nitrogens is 1. The molecule has 0 aliphatic carbocycles. The third-order valence-electron chi connectivity index (χ3n) is 4.58. The second kappa shape index (κ2) is 7.40. The number of thiazole rings is 1. The van der Waals surface area contributed by atoms with E-state index in [1.807, 2.05) is 25.1 Å². The van der Waals surface area contributed by atoms with Gasteiger partial charge in [-0.2, -0.15) is 0 Å². The summed E-state index contributed by atoms with van der Waals surface area (Å²) in [5.74, 6) is -0.914. The fourth-order valence-corrected chi connectivity index (χ4v) is 4.07. The summed E-state index contributed by atoms with van der Waals surface area (Å²) < 4.78 is 1.00. The van der Waals surface area contributed by atoms with Gasteiger partial charge in [-0.25, -0.2) is 4.98 Å². The molecule has 2 aromatic carbocycles. The number of aryl methyl sites for hydroxylation is 1. The Balaban J connectivity index is 1.39. The Kier molecular flexibility index (Phi) is 4.79. The predicted octanol–water partition coefficient (Wildman–Crippen LogP) is 3.07. The molecular weight excluding hydrogens is 376 g/mol.